The van der Waals surface area contributed by atoms with Crippen LogP contribution in [0.25, 0.3) is 0 Å². The fourth-order valence-electron chi connectivity index (χ4n) is 3.28. The van der Waals surface area contributed by atoms with Gasteiger partial charge in [0.25, 0.3) is 0 Å². The molecule has 140 valence electrons. The molecule has 6 nitrogen and oxygen atoms in total. The molecule has 0 radical (unpaired) electrons. The molecule has 6 heteroatoms. The van der Waals surface area contributed by atoms with E-state index in [4.69, 9.17) is 5.73 Å². The van der Waals surface area contributed by atoms with Gasteiger partial charge in [-0.05, 0) is 43.3 Å². The van der Waals surface area contributed by atoms with Crippen LogP contribution in [0.3, 0.4) is 0 Å². The normalized spacial score (nSPS) is 14.3. The van der Waals surface area contributed by atoms with Crippen LogP contribution in [-0.4, -0.2) is 32.1 Å². The topological polar surface area (TPSA) is 87.8 Å². The number of hydrogen-bond acceptors (Lipinski definition) is 4. The number of likely N-dealkylation sites (N-methyl/N-ethyl adjacent to an activating group) is 1. The Bertz CT molecular complexity index is 860. The van der Waals surface area contributed by atoms with E-state index in [-0.39, 0.29) is 18.2 Å². The molecule has 1 aliphatic rings. The van der Waals surface area contributed by atoms with Crippen molar-refractivity contribution in [3.63, 3.8) is 0 Å². The van der Waals surface area contributed by atoms with E-state index in [1.165, 1.54) is 0 Å². The van der Waals surface area contributed by atoms with Crippen LogP contribution >= 0.6 is 0 Å². The maximum atomic E-state index is 13.2. The maximum Gasteiger partial charge on any atom is 0.237 e. The summed E-state index contributed by atoms with van der Waals surface area (Å²) in [4.78, 5) is 29.8. The molecule has 2 aromatic carbocycles. The highest BCUT2D eigenvalue weighted by Gasteiger charge is 2.52. The van der Waals surface area contributed by atoms with E-state index < -0.39 is 5.41 Å². The number of aliphatic imine (C=N–C) groups is 1. The molecule has 1 saturated carbocycles. The molecule has 2 amide bonds. The van der Waals surface area contributed by atoms with Gasteiger partial charge < -0.3 is 16.0 Å². The number of carbonyl (C=O) groups excluding carboxylic acids is 2. The van der Waals surface area contributed by atoms with Gasteiger partial charge in [0.2, 0.25) is 11.8 Å². The average molecular weight is 364 g/mol. The molecule has 0 aliphatic heterocycles. The minimum atomic E-state index is -0.420. The first-order valence-corrected chi connectivity index (χ1v) is 8.94. The molecule has 0 bridgehead atoms. The number of primary amides is 1. The van der Waals surface area contributed by atoms with Crippen LogP contribution in [0.4, 0.5) is 17.1 Å². The Balaban J connectivity index is 1.78. The van der Waals surface area contributed by atoms with Crippen LogP contribution in [0.15, 0.2) is 53.5 Å². The summed E-state index contributed by atoms with van der Waals surface area (Å²) in [5.74, 6) is -0.286. The number of amides is 2. The first-order chi connectivity index (χ1) is 13.0. The van der Waals surface area contributed by atoms with E-state index >= 15 is 0 Å². The molecule has 27 heavy (non-hydrogen) atoms. The molecular formula is C21H24N4O2. The van der Waals surface area contributed by atoms with Crippen molar-refractivity contribution in [2.75, 3.05) is 23.8 Å². The summed E-state index contributed by atoms with van der Waals surface area (Å²) in [6, 6.07) is 15.4. The van der Waals surface area contributed by atoms with E-state index in [1.54, 1.807) is 11.9 Å². The summed E-state index contributed by atoms with van der Waals surface area (Å²) >= 11 is 0. The fourth-order valence-corrected chi connectivity index (χ4v) is 3.28. The summed E-state index contributed by atoms with van der Waals surface area (Å²) in [7, 11) is 1.79. The third-order valence-corrected chi connectivity index (χ3v) is 5.02. The standard InChI is InChI=1S/C21H24N4O2/c1-23-18-14-16(8-9-17(18)24-13-10-19(22)26)25(2)20(27)21(11-12-21)15-6-4-3-5-7-15/h3-9,14,24H,1,10-13H2,2H3,(H2,22,26). The van der Waals surface area contributed by atoms with Crippen LogP contribution in [0, 0.1) is 0 Å². The number of hydrogen-bond donors (Lipinski definition) is 2. The van der Waals surface area contributed by atoms with E-state index in [2.05, 4.69) is 17.0 Å². The number of nitrogens with one attached hydrogen (secondary N) is 1. The second kappa shape index (κ2) is 7.61. The van der Waals surface area contributed by atoms with E-state index in [1.807, 2.05) is 48.5 Å². The van der Waals surface area contributed by atoms with Gasteiger partial charge in [0.1, 0.15) is 0 Å². The van der Waals surface area contributed by atoms with Crippen molar-refractivity contribution < 1.29 is 9.59 Å². The largest absolute Gasteiger partial charge is 0.383 e. The van der Waals surface area contributed by atoms with Crippen molar-refractivity contribution in [1.82, 2.24) is 0 Å². The lowest BCUT2D eigenvalue weighted by Crippen LogP contribution is -2.36. The molecule has 1 fully saturated rings. The number of benzene rings is 2. The van der Waals surface area contributed by atoms with Gasteiger partial charge in [-0.15, -0.1) is 0 Å². The van der Waals surface area contributed by atoms with E-state index in [9.17, 15) is 9.59 Å². The third-order valence-electron chi connectivity index (χ3n) is 5.02. The first kappa shape index (κ1) is 18.6. The highest BCUT2D eigenvalue weighted by atomic mass is 16.2. The fraction of sp³-hybridized carbons (Fsp3) is 0.286. The Labute approximate surface area is 159 Å². The zero-order valence-corrected chi connectivity index (χ0v) is 15.4. The number of nitrogens with zero attached hydrogens (tertiary/aromatic N) is 2. The quantitative estimate of drug-likeness (QED) is 0.706. The molecule has 3 rings (SSSR count). The lowest BCUT2D eigenvalue weighted by Gasteiger charge is -2.24. The van der Waals surface area contributed by atoms with Crippen LogP contribution in [0.5, 0.6) is 0 Å². The highest BCUT2D eigenvalue weighted by molar-refractivity contribution is 6.03. The summed E-state index contributed by atoms with van der Waals surface area (Å²) in [6.07, 6.45) is 1.95. The molecule has 3 N–H and O–H groups in total. The van der Waals surface area contributed by atoms with Gasteiger partial charge >= 0.3 is 0 Å². The molecule has 0 aromatic heterocycles. The van der Waals surface area contributed by atoms with Crippen molar-refractivity contribution in [1.29, 1.82) is 0 Å². The van der Waals surface area contributed by atoms with Gasteiger partial charge in [-0.1, -0.05) is 30.3 Å². The molecule has 0 atom stereocenters. The maximum absolute atomic E-state index is 13.2. The van der Waals surface area contributed by atoms with E-state index in [0.29, 0.717) is 12.2 Å². The Hall–Kier alpha value is -3.15. The second-order valence-electron chi connectivity index (χ2n) is 6.81. The van der Waals surface area contributed by atoms with Gasteiger partial charge in [0.15, 0.2) is 0 Å². The minimum Gasteiger partial charge on any atom is -0.383 e. The summed E-state index contributed by atoms with van der Waals surface area (Å²) in [6.45, 7) is 4.02. The van der Waals surface area contributed by atoms with Gasteiger partial charge in [-0.2, -0.15) is 0 Å². The predicted octanol–water partition coefficient (Wildman–Crippen LogP) is 3.00. The lowest BCUT2D eigenvalue weighted by atomic mass is 9.94. The van der Waals surface area contributed by atoms with Crippen molar-refractivity contribution in [2.45, 2.75) is 24.7 Å². The van der Waals surface area contributed by atoms with Crippen LogP contribution in [0.1, 0.15) is 24.8 Å². The van der Waals surface area contributed by atoms with Crippen LogP contribution < -0.4 is 16.0 Å². The van der Waals surface area contributed by atoms with Crippen molar-refractivity contribution in [3.05, 3.63) is 54.1 Å². The monoisotopic (exact) mass is 364 g/mol. The number of rotatable bonds is 8. The Morgan fingerprint density at radius 2 is 1.93 bits per heavy atom. The van der Waals surface area contributed by atoms with Gasteiger partial charge in [-0.25, -0.2) is 0 Å². The third kappa shape index (κ3) is 3.84. The van der Waals surface area contributed by atoms with Crippen molar-refractivity contribution >= 4 is 35.6 Å². The second-order valence-corrected chi connectivity index (χ2v) is 6.81. The van der Waals surface area contributed by atoms with Crippen molar-refractivity contribution in [3.8, 4) is 0 Å². The average Bonchev–Trinajstić information content (AvgIpc) is 3.49. The molecule has 0 saturated heterocycles. The number of anilines is 2. The zero-order chi connectivity index (χ0) is 19.4. The SMILES string of the molecule is C=Nc1cc(N(C)C(=O)C2(c3ccccc3)CC2)ccc1NCCC(N)=O. The smallest absolute Gasteiger partial charge is 0.237 e. The van der Waals surface area contributed by atoms with Gasteiger partial charge in [0.05, 0.1) is 16.8 Å². The molecule has 0 heterocycles. The summed E-state index contributed by atoms with van der Waals surface area (Å²) < 4.78 is 0. The predicted molar refractivity (Wildman–Crippen MR) is 109 cm³/mol. The molecular weight excluding hydrogens is 340 g/mol. The first-order valence-electron chi connectivity index (χ1n) is 8.94. The minimum absolute atomic E-state index is 0.0816. The Morgan fingerprint density at radius 3 is 2.52 bits per heavy atom. The lowest BCUT2D eigenvalue weighted by molar-refractivity contribution is -0.120. The summed E-state index contributed by atoms with van der Waals surface area (Å²) in [5.41, 5.74) is 7.93. The van der Waals surface area contributed by atoms with Gasteiger partial charge in [0, 0.05) is 25.7 Å². The Kier molecular flexibility index (Phi) is 5.26. The summed E-state index contributed by atoms with van der Waals surface area (Å²) in [5, 5.41) is 3.12. The number of carbonyl (C=O) groups is 2. The highest BCUT2D eigenvalue weighted by Crippen LogP contribution is 2.50. The molecule has 2 aromatic rings. The van der Waals surface area contributed by atoms with E-state index in [0.717, 1.165) is 29.8 Å². The number of nitrogens with two attached hydrogens (primary N) is 1. The van der Waals surface area contributed by atoms with Crippen molar-refractivity contribution in [2.24, 2.45) is 10.7 Å². The van der Waals surface area contributed by atoms with Gasteiger partial charge in [-0.3, -0.25) is 14.6 Å². The molecule has 1 aliphatic carbocycles. The Morgan fingerprint density at radius 1 is 1.22 bits per heavy atom. The van der Waals surface area contributed by atoms with Crippen LogP contribution in [-0.2, 0) is 15.0 Å². The molecule has 0 spiro atoms. The van der Waals surface area contributed by atoms with Crippen LogP contribution in [0.2, 0.25) is 0 Å². The zero-order valence-electron chi connectivity index (χ0n) is 15.4. The molecule has 0 unspecified atom stereocenters.